The molecule has 1 N–H and O–H groups in total. The maximum absolute atomic E-state index is 9.10. The fraction of sp³-hybridized carbons (Fsp3) is 1.00. The Balaban J connectivity index is 2.10. The van der Waals surface area contributed by atoms with Gasteiger partial charge in [-0.25, -0.2) is 0 Å². The first-order valence-corrected chi connectivity index (χ1v) is 4.50. The van der Waals surface area contributed by atoms with E-state index in [9.17, 15) is 0 Å². The summed E-state index contributed by atoms with van der Waals surface area (Å²) in [5.41, 5.74) is 0.355. The molecule has 0 aromatic heterocycles. The first-order valence-electron chi connectivity index (χ1n) is 4.50. The van der Waals surface area contributed by atoms with Gasteiger partial charge in [0.2, 0.25) is 0 Å². The highest BCUT2D eigenvalue weighted by molar-refractivity contribution is 5.17. The summed E-state index contributed by atoms with van der Waals surface area (Å²) in [6.07, 6.45) is 1.27. The van der Waals surface area contributed by atoms with Crippen molar-refractivity contribution in [1.29, 1.82) is 0 Å². The van der Waals surface area contributed by atoms with Crippen LogP contribution in [-0.2, 0) is 0 Å². The van der Waals surface area contributed by atoms with E-state index in [-0.39, 0.29) is 0 Å². The molecule has 2 nitrogen and oxygen atoms in total. The minimum absolute atomic E-state index is 0.355. The Morgan fingerprint density at radius 2 is 2.18 bits per heavy atom. The van der Waals surface area contributed by atoms with E-state index in [1.807, 2.05) is 0 Å². The first kappa shape index (κ1) is 7.56. The Morgan fingerprint density at radius 3 is 2.55 bits per heavy atom. The fourth-order valence-electron chi connectivity index (χ4n) is 3.38. The topological polar surface area (TPSA) is 23.5 Å². The predicted molar refractivity (Wildman–Crippen MR) is 44.4 cm³/mol. The van der Waals surface area contributed by atoms with E-state index in [0.29, 0.717) is 24.1 Å². The van der Waals surface area contributed by atoms with Crippen LogP contribution in [0, 0.1) is 5.92 Å². The quantitative estimate of drug-likeness (QED) is 0.607. The van der Waals surface area contributed by atoms with E-state index in [2.05, 4.69) is 25.7 Å². The van der Waals surface area contributed by atoms with Gasteiger partial charge in [0.25, 0.3) is 0 Å². The second kappa shape index (κ2) is 1.99. The molecule has 2 heteroatoms. The molecule has 0 amide bonds. The van der Waals surface area contributed by atoms with Crippen LogP contribution in [0.5, 0.6) is 0 Å². The summed E-state index contributed by atoms with van der Waals surface area (Å²) in [6.45, 7) is 7.12. The lowest BCUT2D eigenvalue weighted by molar-refractivity contribution is -0.237. The molecule has 4 unspecified atom stereocenters. The zero-order chi connectivity index (χ0) is 8.22. The van der Waals surface area contributed by atoms with Gasteiger partial charge in [-0.05, 0) is 27.2 Å². The smallest absolute Gasteiger partial charge is 0.0491 e. The molecule has 0 radical (unpaired) electrons. The van der Waals surface area contributed by atoms with E-state index in [1.165, 1.54) is 6.42 Å². The normalized spacial score (nSPS) is 56.2. The molecule has 0 spiro atoms. The van der Waals surface area contributed by atoms with Crippen molar-refractivity contribution in [2.75, 3.05) is 6.61 Å². The number of hydrogen-bond donors (Lipinski definition) is 1. The zero-order valence-corrected chi connectivity index (χ0v) is 7.54. The molecule has 0 bridgehead atoms. The lowest BCUT2D eigenvalue weighted by Gasteiger charge is -2.72. The fourth-order valence-corrected chi connectivity index (χ4v) is 3.38. The third-order valence-corrected chi connectivity index (χ3v) is 3.79. The van der Waals surface area contributed by atoms with Crippen molar-refractivity contribution in [2.45, 2.75) is 44.8 Å². The predicted octanol–water partition coefficient (Wildman–Crippen LogP) is 0.850. The summed E-state index contributed by atoms with van der Waals surface area (Å²) in [5, 5.41) is 9.10. The van der Waals surface area contributed by atoms with Crippen LogP contribution in [0.2, 0.25) is 0 Å². The Labute approximate surface area is 68.2 Å². The molecular weight excluding hydrogens is 138 g/mol. The second-order valence-corrected chi connectivity index (χ2v) is 4.35. The number of piperidine rings is 1. The Morgan fingerprint density at radius 1 is 1.55 bits per heavy atom. The molecular formula is C9H17NO. The van der Waals surface area contributed by atoms with Gasteiger partial charge >= 0.3 is 0 Å². The van der Waals surface area contributed by atoms with Gasteiger partial charge in [0.05, 0.1) is 0 Å². The Hall–Kier alpha value is -0.0800. The largest absolute Gasteiger partial charge is 0.396 e. The maximum Gasteiger partial charge on any atom is 0.0491 e. The highest BCUT2D eigenvalue weighted by Gasteiger charge is 2.63. The number of aliphatic hydroxyl groups is 1. The third kappa shape index (κ3) is 0.651. The molecule has 11 heavy (non-hydrogen) atoms. The molecule has 0 aromatic carbocycles. The summed E-state index contributed by atoms with van der Waals surface area (Å²) in [6, 6.07) is 1.35. The monoisotopic (exact) mass is 155 g/mol. The highest BCUT2D eigenvalue weighted by atomic mass is 16.3. The van der Waals surface area contributed by atoms with Crippen LogP contribution in [-0.4, -0.2) is 34.2 Å². The van der Waals surface area contributed by atoms with E-state index in [1.54, 1.807) is 0 Å². The van der Waals surface area contributed by atoms with E-state index < -0.39 is 0 Å². The molecule has 64 valence electrons. The lowest BCUT2D eigenvalue weighted by atomic mass is 9.59. The Bertz CT molecular complexity index is 174. The van der Waals surface area contributed by atoms with Crippen LogP contribution in [0.25, 0.3) is 0 Å². The molecule has 2 aliphatic rings. The standard InChI is InChI=1S/C9H17NO/c1-6-4-9(3)8(5-11)7(2)10(6)9/h6-8,11H,4-5H2,1-3H3. The Kier molecular flexibility index (Phi) is 1.37. The maximum atomic E-state index is 9.10. The summed E-state index contributed by atoms with van der Waals surface area (Å²) in [7, 11) is 0. The first-order chi connectivity index (χ1) is 5.11. The van der Waals surface area contributed by atoms with Crippen molar-refractivity contribution in [3.8, 4) is 0 Å². The highest BCUT2D eigenvalue weighted by Crippen LogP contribution is 2.54. The summed E-state index contributed by atoms with van der Waals surface area (Å²) in [5.74, 6) is 0.527. The molecule has 2 heterocycles. The van der Waals surface area contributed by atoms with E-state index in [4.69, 9.17) is 5.11 Å². The number of fused-ring (bicyclic) bond motifs is 1. The summed E-state index contributed by atoms with van der Waals surface area (Å²) in [4.78, 5) is 2.52. The molecule has 0 aromatic rings. The molecule has 2 fully saturated rings. The van der Waals surface area contributed by atoms with Crippen molar-refractivity contribution >= 4 is 0 Å². The van der Waals surface area contributed by atoms with Crippen molar-refractivity contribution in [2.24, 2.45) is 5.92 Å². The van der Waals surface area contributed by atoms with Crippen molar-refractivity contribution in [1.82, 2.24) is 4.90 Å². The third-order valence-electron chi connectivity index (χ3n) is 3.79. The van der Waals surface area contributed by atoms with Gasteiger partial charge in [0.15, 0.2) is 0 Å². The SMILES string of the molecule is CC1CC2(C)C(CO)C(C)N12. The van der Waals surface area contributed by atoms with Crippen molar-refractivity contribution in [3.05, 3.63) is 0 Å². The number of nitrogens with zero attached hydrogens (tertiary/aromatic N) is 1. The average molecular weight is 155 g/mol. The molecule has 2 saturated heterocycles. The van der Waals surface area contributed by atoms with Gasteiger partial charge in [0.1, 0.15) is 0 Å². The second-order valence-electron chi connectivity index (χ2n) is 4.35. The minimum atomic E-state index is 0.355. The summed E-state index contributed by atoms with van der Waals surface area (Å²) >= 11 is 0. The van der Waals surface area contributed by atoms with Gasteiger partial charge in [0, 0.05) is 30.1 Å². The number of aliphatic hydroxyl groups excluding tert-OH is 1. The zero-order valence-electron chi connectivity index (χ0n) is 7.54. The minimum Gasteiger partial charge on any atom is -0.396 e. The van der Waals surface area contributed by atoms with Crippen LogP contribution in [0.3, 0.4) is 0 Å². The molecule has 0 aliphatic carbocycles. The van der Waals surface area contributed by atoms with Gasteiger partial charge in [-0.2, -0.15) is 0 Å². The van der Waals surface area contributed by atoms with Crippen LogP contribution >= 0.6 is 0 Å². The molecule has 0 saturated carbocycles. The van der Waals surface area contributed by atoms with E-state index in [0.717, 1.165) is 6.04 Å². The van der Waals surface area contributed by atoms with Crippen LogP contribution < -0.4 is 0 Å². The average Bonchev–Trinajstić information content (AvgIpc) is 1.86. The van der Waals surface area contributed by atoms with Crippen LogP contribution in [0.15, 0.2) is 0 Å². The summed E-state index contributed by atoms with van der Waals surface area (Å²) < 4.78 is 0. The number of hydrogen-bond acceptors (Lipinski definition) is 2. The van der Waals surface area contributed by atoms with Crippen molar-refractivity contribution < 1.29 is 5.11 Å². The van der Waals surface area contributed by atoms with Crippen LogP contribution in [0.4, 0.5) is 0 Å². The lowest BCUT2D eigenvalue weighted by Crippen LogP contribution is -2.82. The van der Waals surface area contributed by atoms with Gasteiger partial charge in [-0.1, -0.05) is 0 Å². The van der Waals surface area contributed by atoms with E-state index >= 15 is 0 Å². The van der Waals surface area contributed by atoms with Gasteiger partial charge < -0.3 is 5.11 Å². The molecule has 2 aliphatic heterocycles. The van der Waals surface area contributed by atoms with Gasteiger partial charge in [-0.3, -0.25) is 4.90 Å². The van der Waals surface area contributed by atoms with Crippen molar-refractivity contribution in [3.63, 3.8) is 0 Å². The van der Waals surface area contributed by atoms with Crippen LogP contribution in [0.1, 0.15) is 27.2 Å². The molecule has 2 rings (SSSR count). The molecule has 4 atom stereocenters. The van der Waals surface area contributed by atoms with Gasteiger partial charge in [-0.15, -0.1) is 0 Å². The number of rotatable bonds is 1.